The Balaban J connectivity index is 0.995. The molecule has 42 heavy (non-hydrogen) atoms. The van der Waals surface area contributed by atoms with Crippen LogP contribution in [0.4, 0.5) is 0 Å². The Bertz CT molecular complexity index is 1110. The summed E-state index contributed by atoms with van der Waals surface area (Å²) in [4.78, 5) is 29.7. The fraction of sp³-hybridized carbons (Fsp3) is 0.886. The fourth-order valence-electron chi connectivity index (χ4n) is 11.4. The lowest BCUT2D eigenvalue weighted by molar-refractivity contribution is -0.272. The second-order valence-corrected chi connectivity index (χ2v) is 16.1. The van der Waals surface area contributed by atoms with Gasteiger partial charge in [-0.05, 0) is 98.8 Å². The highest BCUT2D eigenvalue weighted by atomic mass is 16.7. The molecule has 7 rings (SSSR count). The van der Waals surface area contributed by atoms with E-state index in [1.165, 1.54) is 32.1 Å². The van der Waals surface area contributed by atoms with Gasteiger partial charge in [-0.3, -0.25) is 9.59 Å². The molecule has 7 aliphatic rings. The third kappa shape index (κ3) is 4.62. The molecule has 0 aromatic carbocycles. The Morgan fingerprint density at radius 1 is 1.02 bits per heavy atom. The average molecular weight is 582 g/mol. The number of nitrogens with zero attached hydrogens (tertiary/aromatic N) is 2. The number of hydrogen-bond acceptors (Lipinski definition) is 5. The SMILES string of the molecule is C[C@@H]1CC[C@@]2(OC1)O[C@H]1C[C@H]3[C@@H]4CC=C5CC(NC(=O)CC(=O)N6CCN(C)CC6)CC[C@]5(C)[C@H]4CC[C@]3(C)[C@H]1[C@@H]2C. The topological polar surface area (TPSA) is 71.1 Å². The van der Waals surface area contributed by atoms with Crippen LogP contribution in [-0.4, -0.2) is 79.4 Å². The Kier molecular flexibility index (Phi) is 7.38. The lowest BCUT2D eigenvalue weighted by Crippen LogP contribution is -2.53. The molecule has 234 valence electrons. The predicted molar refractivity (Wildman–Crippen MR) is 162 cm³/mol. The molecule has 0 radical (unpaired) electrons. The van der Waals surface area contributed by atoms with E-state index in [4.69, 9.17) is 9.47 Å². The molecule has 0 aromatic rings. The van der Waals surface area contributed by atoms with Gasteiger partial charge in [0.15, 0.2) is 5.79 Å². The van der Waals surface area contributed by atoms with E-state index >= 15 is 0 Å². The van der Waals surface area contributed by atoms with Crippen molar-refractivity contribution < 1.29 is 19.1 Å². The summed E-state index contributed by atoms with van der Waals surface area (Å²) in [5.74, 6) is 3.43. The summed E-state index contributed by atoms with van der Waals surface area (Å²) < 4.78 is 13.5. The third-order valence-corrected chi connectivity index (χ3v) is 13.9. The van der Waals surface area contributed by atoms with Crippen molar-refractivity contribution >= 4 is 11.8 Å². The minimum absolute atomic E-state index is 0.0182. The van der Waals surface area contributed by atoms with Crippen molar-refractivity contribution in [3.05, 3.63) is 11.6 Å². The van der Waals surface area contributed by atoms with Crippen molar-refractivity contribution in [3.8, 4) is 0 Å². The second kappa shape index (κ2) is 10.6. The van der Waals surface area contributed by atoms with Crippen molar-refractivity contribution in [3.63, 3.8) is 0 Å². The Morgan fingerprint density at radius 3 is 2.55 bits per heavy atom. The number of nitrogens with one attached hydrogen (secondary N) is 1. The fourth-order valence-corrected chi connectivity index (χ4v) is 11.4. The largest absolute Gasteiger partial charge is 0.353 e. The zero-order valence-corrected chi connectivity index (χ0v) is 26.8. The van der Waals surface area contributed by atoms with Crippen molar-refractivity contribution in [1.29, 1.82) is 0 Å². The van der Waals surface area contributed by atoms with E-state index in [9.17, 15) is 9.59 Å². The van der Waals surface area contributed by atoms with Gasteiger partial charge in [0, 0.05) is 44.6 Å². The highest BCUT2D eigenvalue weighted by molar-refractivity contribution is 5.97. The standard InChI is InChI=1S/C35H55N3O4/c1-22-8-13-35(41-21-22)23(2)32-29(42-35)19-28-26-7-6-24-18-25(9-11-33(24,3)27(26)10-12-34(28,32)4)36-30(39)20-31(40)38-16-14-37(5)15-17-38/h6,22-23,25-29,32H,7-21H2,1-5H3,(H,36,39)/t22-,23+,25?,26-,27+,28+,29+,32+,33+,34+,35-/m1/s1. The summed E-state index contributed by atoms with van der Waals surface area (Å²) in [7, 11) is 2.08. The quantitative estimate of drug-likeness (QED) is 0.375. The molecule has 3 saturated carbocycles. The number of rotatable bonds is 3. The number of carbonyl (C=O) groups is 2. The van der Waals surface area contributed by atoms with Gasteiger partial charge in [0.05, 0.1) is 12.7 Å². The molecule has 0 aromatic heterocycles. The maximum Gasteiger partial charge on any atom is 0.232 e. The first-order chi connectivity index (χ1) is 20.0. The molecule has 11 atom stereocenters. The Hall–Kier alpha value is -1.44. The molecule has 6 fully saturated rings. The van der Waals surface area contributed by atoms with Crippen LogP contribution in [0.25, 0.3) is 0 Å². The van der Waals surface area contributed by atoms with Gasteiger partial charge >= 0.3 is 0 Å². The van der Waals surface area contributed by atoms with Gasteiger partial charge in [-0.25, -0.2) is 0 Å². The number of piperazine rings is 1. The van der Waals surface area contributed by atoms with Crippen LogP contribution in [0.3, 0.4) is 0 Å². The van der Waals surface area contributed by atoms with Crippen LogP contribution in [0.2, 0.25) is 0 Å². The van der Waals surface area contributed by atoms with Crippen LogP contribution in [0.15, 0.2) is 11.6 Å². The van der Waals surface area contributed by atoms with Crippen LogP contribution < -0.4 is 5.32 Å². The number of carbonyl (C=O) groups excluding carboxylic acids is 2. The van der Waals surface area contributed by atoms with Crippen molar-refractivity contribution in [2.24, 2.45) is 46.3 Å². The molecule has 3 saturated heterocycles. The van der Waals surface area contributed by atoms with Gasteiger partial charge in [-0.15, -0.1) is 0 Å². The maximum absolute atomic E-state index is 12.9. The number of fused-ring (bicyclic) bond motifs is 7. The molecule has 2 amide bonds. The predicted octanol–water partition coefficient (Wildman–Crippen LogP) is 5.00. The molecule has 1 spiro atoms. The molecular formula is C35H55N3O4. The zero-order chi connectivity index (χ0) is 29.4. The van der Waals surface area contributed by atoms with Gasteiger partial charge in [0.2, 0.25) is 11.8 Å². The van der Waals surface area contributed by atoms with Crippen LogP contribution in [0.5, 0.6) is 0 Å². The molecule has 0 bridgehead atoms. The second-order valence-electron chi connectivity index (χ2n) is 16.1. The highest BCUT2D eigenvalue weighted by Gasteiger charge is 2.68. The molecule has 3 aliphatic heterocycles. The normalized spacial score (nSPS) is 48.6. The molecule has 7 nitrogen and oxygen atoms in total. The van der Waals surface area contributed by atoms with Gasteiger partial charge < -0.3 is 24.6 Å². The summed E-state index contributed by atoms with van der Waals surface area (Å²) in [6.07, 6.45) is 13.3. The lowest BCUT2D eigenvalue weighted by atomic mass is 9.46. The molecule has 1 unspecified atom stereocenters. The van der Waals surface area contributed by atoms with Crippen molar-refractivity contribution in [2.45, 2.75) is 110 Å². The third-order valence-electron chi connectivity index (χ3n) is 13.9. The van der Waals surface area contributed by atoms with E-state index < -0.39 is 0 Å². The van der Waals surface area contributed by atoms with E-state index in [1.54, 1.807) is 5.57 Å². The summed E-state index contributed by atoms with van der Waals surface area (Å²) in [5.41, 5.74) is 2.14. The molecule has 7 heteroatoms. The number of ether oxygens (including phenoxy) is 2. The van der Waals surface area contributed by atoms with E-state index in [0.717, 1.165) is 76.2 Å². The highest BCUT2D eigenvalue weighted by Crippen LogP contribution is 2.70. The lowest BCUT2D eigenvalue weighted by Gasteiger charge is -2.58. The molecule has 3 heterocycles. The van der Waals surface area contributed by atoms with E-state index in [0.29, 0.717) is 29.3 Å². The summed E-state index contributed by atoms with van der Waals surface area (Å²) in [6.45, 7) is 13.9. The van der Waals surface area contributed by atoms with Crippen LogP contribution in [0.1, 0.15) is 91.9 Å². The Morgan fingerprint density at radius 2 is 1.81 bits per heavy atom. The smallest absolute Gasteiger partial charge is 0.232 e. The zero-order valence-electron chi connectivity index (χ0n) is 26.8. The summed E-state index contributed by atoms with van der Waals surface area (Å²) in [6, 6.07) is 0.150. The Labute approximate surface area is 253 Å². The maximum atomic E-state index is 12.9. The minimum Gasteiger partial charge on any atom is -0.353 e. The molecule has 1 N–H and O–H groups in total. The van der Waals surface area contributed by atoms with Crippen LogP contribution in [-0.2, 0) is 19.1 Å². The van der Waals surface area contributed by atoms with Crippen LogP contribution >= 0.6 is 0 Å². The first-order valence-corrected chi connectivity index (χ1v) is 17.3. The van der Waals surface area contributed by atoms with Gasteiger partial charge in [-0.1, -0.05) is 39.3 Å². The number of hydrogen-bond donors (Lipinski definition) is 1. The molecule has 4 aliphatic carbocycles. The minimum atomic E-state index is -0.337. The van der Waals surface area contributed by atoms with E-state index in [2.05, 4.69) is 51.0 Å². The first kappa shape index (κ1) is 29.3. The summed E-state index contributed by atoms with van der Waals surface area (Å²) in [5, 5.41) is 3.26. The number of allylic oxidation sites excluding steroid dienone is 1. The average Bonchev–Trinajstić information content (AvgIpc) is 3.40. The number of amides is 2. The van der Waals surface area contributed by atoms with E-state index in [1.807, 2.05) is 4.90 Å². The molecular weight excluding hydrogens is 526 g/mol. The van der Waals surface area contributed by atoms with Gasteiger partial charge in [0.25, 0.3) is 0 Å². The summed E-state index contributed by atoms with van der Waals surface area (Å²) >= 11 is 0. The van der Waals surface area contributed by atoms with E-state index in [-0.39, 0.29) is 35.5 Å². The van der Waals surface area contributed by atoms with Crippen molar-refractivity contribution in [2.75, 3.05) is 39.8 Å². The van der Waals surface area contributed by atoms with Crippen LogP contribution in [0, 0.1) is 46.3 Å². The van der Waals surface area contributed by atoms with Gasteiger partial charge in [-0.2, -0.15) is 0 Å². The number of likely N-dealkylation sites (N-methyl/N-ethyl adjacent to an activating group) is 1. The first-order valence-electron chi connectivity index (χ1n) is 17.3. The monoisotopic (exact) mass is 581 g/mol. The van der Waals surface area contributed by atoms with Crippen molar-refractivity contribution in [1.82, 2.24) is 15.1 Å². The van der Waals surface area contributed by atoms with Gasteiger partial charge in [0.1, 0.15) is 6.42 Å².